The van der Waals surface area contributed by atoms with E-state index >= 15 is 0 Å². The summed E-state index contributed by atoms with van der Waals surface area (Å²) in [6.45, 7) is 0.0929. The molecule has 6 nitrogen and oxygen atoms in total. The number of hydrogen-bond donors (Lipinski definition) is 0. The predicted octanol–water partition coefficient (Wildman–Crippen LogP) is 1.33. The number of carbonyl (C=O) groups is 2. The monoisotopic (exact) mass is 293 g/mol. The third-order valence-electron chi connectivity index (χ3n) is 3.66. The maximum Gasteiger partial charge on any atom is 0.324 e. The van der Waals surface area contributed by atoms with Gasteiger partial charge in [0, 0.05) is 13.5 Å². The predicted molar refractivity (Wildman–Crippen MR) is 74.0 cm³/mol. The second-order valence-electron chi connectivity index (χ2n) is 5.06. The highest BCUT2D eigenvalue weighted by Gasteiger charge is 2.54. The lowest BCUT2D eigenvalue weighted by molar-refractivity contribution is -0.248. The van der Waals surface area contributed by atoms with Gasteiger partial charge in [0.05, 0.1) is 20.8 Å². The molecule has 0 bridgehead atoms. The molecule has 0 radical (unpaired) electrons. The number of methoxy groups -OCH3 is 2. The number of ether oxygens (including phenoxy) is 2. The third kappa shape index (κ3) is 2.91. The van der Waals surface area contributed by atoms with Crippen molar-refractivity contribution in [1.82, 2.24) is 5.06 Å². The van der Waals surface area contributed by atoms with Crippen LogP contribution in [0.15, 0.2) is 30.3 Å². The standard InChI is InChI=1S/C15H19NO5/c1-16-10-15(13(17)19-2,14(18)20-3)9-12(21-16)11-7-5-4-6-8-11/h4-8,12H,9-10H2,1-3H3. The van der Waals surface area contributed by atoms with Crippen molar-refractivity contribution in [3.05, 3.63) is 35.9 Å². The van der Waals surface area contributed by atoms with Gasteiger partial charge in [0.2, 0.25) is 0 Å². The van der Waals surface area contributed by atoms with Crippen molar-refractivity contribution in [2.75, 3.05) is 27.8 Å². The minimum atomic E-state index is -1.38. The van der Waals surface area contributed by atoms with Gasteiger partial charge in [-0.05, 0) is 5.56 Å². The Bertz CT molecular complexity index is 500. The van der Waals surface area contributed by atoms with Crippen LogP contribution in [0, 0.1) is 5.41 Å². The second-order valence-corrected chi connectivity index (χ2v) is 5.06. The number of rotatable bonds is 3. The maximum atomic E-state index is 12.2. The number of carbonyl (C=O) groups excluding carboxylic acids is 2. The van der Waals surface area contributed by atoms with Crippen molar-refractivity contribution < 1.29 is 23.9 Å². The Hall–Kier alpha value is -1.92. The molecular formula is C15H19NO5. The molecule has 0 saturated carbocycles. The SMILES string of the molecule is COC(=O)C1(C(=O)OC)CC(c2ccccc2)ON(C)C1. The van der Waals surface area contributed by atoms with Crippen molar-refractivity contribution in [3.8, 4) is 0 Å². The lowest BCUT2D eigenvalue weighted by Crippen LogP contribution is -2.53. The summed E-state index contributed by atoms with van der Waals surface area (Å²) in [5.41, 5.74) is -0.488. The smallest absolute Gasteiger partial charge is 0.324 e. The van der Waals surface area contributed by atoms with Crippen LogP contribution >= 0.6 is 0 Å². The molecule has 21 heavy (non-hydrogen) atoms. The first-order valence-corrected chi connectivity index (χ1v) is 6.63. The fraction of sp³-hybridized carbons (Fsp3) is 0.467. The van der Waals surface area contributed by atoms with Crippen molar-refractivity contribution in [3.63, 3.8) is 0 Å². The van der Waals surface area contributed by atoms with Gasteiger partial charge in [-0.25, -0.2) is 0 Å². The number of hydrogen-bond acceptors (Lipinski definition) is 6. The molecule has 1 aromatic rings. The fourth-order valence-electron chi connectivity index (χ4n) is 2.67. The van der Waals surface area contributed by atoms with E-state index in [4.69, 9.17) is 14.3 Å². The zero-order valence-electron chi connectivity index (χ0n) is 12.4. The van der Waals surface area contributed by atoms with Crippen LogP contribution in [0.2, 0.25) is 0 Å². The average Bonchev–Trinajstić information content (AvgIpc) is 2.53. The molecule has 1 atom stereocenters. The zero-order valence-corrected chi connectivity index (χ0v) is 12.4. The molecule has 6 heteroatoms. The van der Waals surface area contributed by atoms with Crippen molar-refractivity contribution >= 4 is 11.9 Å². The van der Waals surface area contributed by atoms with Gasteiger partial charge < -0.3 is 9.47 Å². The van der Waals surface area contributed by atoms with E-state index in [0.29, 0.717) is 0 Å². The van der Waals surface area contributed by atoms with E-state index in [2.05, 4.69) is 0 Å². The van der Waals surface area contributed by atoms with Gasteiger partial charge >= 0.3 is 11.9 Å². The summed E-state index contributed by atoms with van der Waals surface area (Å²) < 4.78 is 9.65. The summed E-state index contributed by atoms with van der Waals surface area (Å²) in [7, 11) is 4.20. The molecule has 0 spiro atoms. The molecule has 114 valence electrons. The van der Waals surface area contributed by atoms with E-state index in [1.54, 1.807) is 7.05 Å². The number of esters is 2. The molecule has 0 amide bonds. The van der Waals surface area contributed by atoms with E-state index in [9.17, 15) is 9.59 Å². The van der Waals surface area contributed by atoms with Crippen LogP contribution in [0.5, 0.6) is 0 Å². The van der Waals surface area contributed by atoms with Crippen LogP contribution in [0.25, 0.3) is 0 Å². The van der Waals surface area contributed by atoms with E-state index in [1.807, 2.05) is 30.3 Å². The first-order chi connectivity index (χ1) is 10.0. The van der Waals surface area contributed by atoms with Gasteiger partial charge in [-0.3, -0.25) is 14.4 Å². The molecule has 1 saturated heterocycles. The Morgan fingerprint density at radius 1 is 1.19 bits per heavy atom. The second kappa shape index (κ2) is 6.24. The molecule has 1 heterocycles. The molecule has 0 aliphatic carbocycles. The van der Waals surface area contributed by atoms with Crippen molar-refractivity contribution in [2.45, 2.75) is 12.5 Å². The molecule has 1 unspecified atom stereocenters. The third-order valence-corrected chi connectivity index (χ3v) is 3.66. The van der Waals surface area contributed by atoms with E-state index in [1.165, 1.54) is 19.3 Å². The molecular weight excluding hydrogens is 274 g/mol. The lowest BCUT2D eigenvalue weighted by atomic mass is 9.79. The summed E-state index contributed by atoms with van der Waals surface area (Å²) in [5.74, 6) is -1.21. The Balaban J connectivity index is 2.37. The minimum Gasteiger partial charge on any atom is -0.468 e. The molecule has 1 fully saturated rings. The molecule has 1 aliphatic heterocycles. The molecule has 1 aliphatic rings. The number of nitrogens with zero attached hydrogens (tertiary/aromatic N) is 1. The Kier molecular flexibility index (Phi) is 4.59. The highest BCUT2D eigenvalue weighted by Crippen LogP contribution is 2.40. The molecule has 2 rings (SSSR count). The first kappa shape index (κ1) is 15.5. The van der Waals surface area contributed by atoms with Crippen LogP contribution in [0.3, 0.4) is 0 Å². The summed E-state index contributed by atoms with van der Waals surface area (Å²) in [5, 5.41) is 1.48. The quantitative estimate of drug-likeness (QED) is 0.619. The van der Waals surface area contributed by atoms with Gasteiger partial charge in [-0.1, -0.05) is 30.3 Å². The molecule has 0 N–H and O–H groups in total. The highest BCUT2D eigenvalue weighted by atomic mass is 16.7. The minimum absolute atomic E-state index is 0.0929. The van der Waals surface area contributed by atoms with Crippen LogP contribution in [-0.4, -0.2) is 44.8 Å². The Morgan fingerprint density at radius 2 is 1.76 bits per heavy atom. The average molecular weight is 293 g/mol. The first-order valence-electron chi connectivity index (χ1n) is 6.63. The Morgan fingerprint density at radius 3 is 2.29 bits per heavy atom. The number of hydroxylamine groups is 2. The van der Waals surface area contributed by atoms with Gasteiger partial charge in [0.25, 0.3) is 0 Å². The summed E-state index contributed by atoms with van der Waals surface area (Å²) in [6.07, 6.45) is -0.233. The summed E-state index contributed by atoms with van der Waals surface area (Å²) in [4.78, 5) is 30.1. The topological polar surface area (TPSA) is 65.1 Å². The fourth-order valence-corrected chi connectivity index (χ4v) is 2.67. The van der Waals surface area contributed by atoms with E-state index < -0.39 is 23.5 Å². The van der Waals surface area contributed by atoms with Gasteiger partial charge in [0.1, 0.15) is 6.10 Å². The lowest BCUT2D eigenvalue weighted by Gasteiger charge is -2.40. The van der Waals surface area contributed by atoms with Gasteiger partial charge in [-0.2, -0.15) is 5.06 Å². The van der Waals surface area contributed by atoms with E-state index in [0.717, 1.165) is 5.56 Å². The van der Waals surface area contributed by atoms with Crippen LogP contribution in [0.4, 0.5) is 0 Å². The van der Waals surface area contributed by atoms with Crippen LogP contribution in [0.1, 0.15) is 18.1 Å². The zero-order chi connectivity index (χ0) is 15.5. The summed E-state index contributed by atoms with van der Waals surface area (Å²) in [6, 6.07) is 9.44. The van der Waals surface area contributed by atoms with Crippen molar-refractivity contribution in [1.29, 1.82) is 0 Å². The number of benzene rings is 1. The largest absolute Gasteiger partial charge is 0.468 e. The van der Waals surface area contributed by atoms with Gasteiger partial charge in [0.15, 0.2) is 5.41 Å². The maximum absolute atomic E-state index is 12.2. The van der Waals surface area contributed by atoms with Gasteiger partial charge in [-0.15, -0.1) is 0 Å². The molecule has 1 aromatic carbocycles. The van der Waals surface area contributed by atoms with E-state index in [-0.39, 0.29) is 13.0 Å². The normalized spacial score (nSPS) is 21.6. The Labute approximate surface area is 123 Å². The van der Waals surface area contributed by atoms with Crippen LogP contribution in [-0.2, 0) is 23.9 Å². The van der Waals surface area contributed by atoms with Crippen LogP contribution < -0.4 is 0 Å². The molecule has 0 aromatic heterocycles. The van der Waals surface area contributed by atoms with Crippen molar-refractivity contribution in [2.24, 2.45) is 5.41 Å². The highest BCUT2D eigenvalue weighted by molar-refractivity contribution is 6.00. The summed E-state index contributed by atoms with van der Waals surface area (Å²) >= 11 is 0.